The molecule has 0 bridgehead atoms. The second-order valence-corrected chi connectivity index (χ2v) is 16.7. The fraction of sp³-hybridized carbons (Fsp3) is 0.684. The number of carbonyl (C=O) groups is 2. The molecule has 0 aliphatic carbocycles. The van der Waals surface area contributed by atoms with Crippen LogP contribution in [0.15, 0.2) is 97.2 Å². The molecule has 0 aromatic heterocycles. The molecule has 5 nitrogen and oxygen atoms in total. The van der Waals surface area contributed by atoms with Gasteiger partial charge in [0.05, 0.1) is 6.61 Å². The maximum Gasteiger partial charge on any atom is 0.306 e. The fourth-order valence-corrected chi connectivity index (χ4v) is 6.72. The first kappa shape index (κ1) is 58.8. The molecule has 0 heterocycles. The van der Waals surface area contributed by atoms with Gasteiger partial charge in [0.1, 0.15) is 6.61 Å². The zero-order valence-corrected chi connectivity index (χ0v) is 40.6. The molecule has 0 saturated carbocycles. The number of ether oxygens (including phenoxy) is 3. The van der Waals surface area contributed by atoms with Crippen molar-refractivity contribution in [1.29, 1.82) is 0 Å². The van der Waals surface area contributed by atoms with Gasteiger partial charge in [-0.05, 0) is 116 Å². The summed E-state index contributed by atoms with van der Waals surface area (Å²) < 4.78 is 17.3. The Labute approximate surface area is 383 Å². The second-order valence-electron chi connectivity index (χ2n) is 16.7. The van der Waals surface area contributed by atoms with Gasteiger partial charge in [-0.15, -0.1) is 0 Å². The number of esters is 2. The molecule has 0 amide bonds. The highest BCUT2D eigenvalue weighted by Gasteiger charge is 2.17. The fourth-order valence-electron chi connectivity index (χ4n) is 6.72. The monoisotopic (exact) mass is 861 g/mol. The average molecular weight is 861 g/mol. The first-order chi connectivity index (χ1) is 30.6. The lowest BCUT2D eigenvalue weighted by Gasteiger charge is -2.18. The van der Waals surface area contributed by atoms with Crippen molar-refractivity contribution < 1.29 is 23.8 Å². The van der Waals surface area contributed by atoms with Gasteiger partial charge in [0.25, 0.3) is 0 Å². The van der Waals surface area contributed by atoms with Crippen molar-refractivity contribution >= 4 is 11.9 Å². The van der Waals surface area contributed by atoms with Gasteiger partial charge in [-0.25, -0.2) is 0 Å². The number of allylic oxidation sites excluding steroid dienone is 16. The molecule has 1 atom stereocenters. The van der Waals surface area contributed by atoms with Crippen molar-refractivity contribution in [3.8, 4) is 0 Å². The molecule has 0 fully saturated rings. The Morgan fingerprint density at radius 3 is 1.23 bits per heavy atom. The van der Waals surface area contributed by atoms with Crippen molar-refractivity contribution in [3.05, 3.63) is 97.2 Å². The Hall–Kier alpha value is -3.18. The quantitative estimate of drug-likeness (QED) is 0.0347. The summed E-state index contributed by atoms with van der Waals surface area (Å²) in [4.78, 5) is 25.4. The molecule has 0 aliphatic rings. The third-order valence-electron chi connectivity index (χ3n) is 10.6. The molecule has 1 unspecified atom stereocenters. The SMILES string of the molecule is CC/C=C\C/C=C\C/C=C\C/C=C\C/C=C\CCCCOCC(COC(=O)CCCCCCCCC/C=C\C/C=C\CCCCC)OC(=O)CCCCCCC/C=C\CCCC. The Morgan fingerprint density at radius 1 is 0.371 bits per heavy atom. The molecular weight excluding hydrogens is 765 g/mol. The summed E-state index contributed by atoms with van der Waals surface area (Å²) in [6.07, 6.45) is 69.9. The summed E-state index contributed by atoms with van der Waals surface area (Å²) in [5, 5.41) is 0. The van der Waals surface area contributed by atoms with Crippen LogP contribution in [0, 0.1) is 0 Å². The lowest BCUT2D eigenvalue weighted by molar-refractivity contribution is -0.163. The summed E-state index contributed by atoms with van der Waals surface area (Å²) in [5.74, 6) is -0.445. The maximum atomic E-state index is 12.8. The van der Waals surface area contributed by atoms with Crippen molar-refractivity contribution in [2.75, 3.05) is 19.8 Å². The van der Waals surface area contributed by atoms with Crippen molar-refractivity contribution in [2.45, 2.75) is 232 Å². The van der Waals surface area contributed by atoms with E-state index in [9.17, 15) is 9.59 Å². The standard InChI is InChI=1S/C57H96O5/c1-4-7-10-13-16-19-22-24-26-28-30-32-34-37-40-43-46-49-52-60-53-55(62-57(59)51-48-45-42-39-35-21-18-15-12-9-6-3)54-61-56(58)50-47-44-41-38-36-33-31-29-27-25-23-20-17-14-11-8-5-2/h7,10,15-20,24-27,30,32,37,40,55H,4-6,8-9,11-14,21-23,28-29,31,33-36,38-39,41-54H2,1-3H3/b10-7-,18-15-,19-16-,20-17-,26-24-,27-25-,32-30-,40-37-. The van der Waals surface area contributed by atoms with E-state index in [2.05, 4.69) is 118 Å². The molecule has 0 rings (SSSR count). The summed E-state index contributed by atoms with van der Waals surface area (Å²) in [5.41, 5.74) is 0. The molecule has 0 N–H and O–H groups in total. The van der Waals surface area contributed by atoms with Crippen LogP contribution in [0.2, 0.25) is 0 Å². The Morgan fingerprint density at radius 2 is 0.742 bits per heavy atom. The third kappa shape index (κ3) is 49.5. The first-order valence-electron chi connectivity index (χ1n) is 25.8. The van der Waals surface area contributed by atoms with Gasteiger partial charge in [0.15, 0.2) is 6.10 Å². The molecule has 0 radical (unpaired) electrons. The predicted octanol–water partition coefficient (Wildman–Crippen LogP) is 17.5. The molecule has 0 saturated heterocycles. The summed E-state index contributed by atoms with van der Waals surface area (Å²) in [6, 6.07) is 0. The zero-order valence-electron chi connectivity index (χ0n) is 40.6. The topological polar surface area (TPSA) is 61.8 Å². The van der Waals surface area contributed by atoms with E-state index in [1.54, 1.807) is 0 Å². The Balaban J connectivity index is 4.35. The third-order valence-corrected chi connectivity index (χ3v) is 10.6. The normalized spacial score (nSPS) is 13.0. The van der Waals surface area contributed by atoms with E-state index in [0.29, 0.717) is 19.4 Å². The maximum absolute atomic E-state index is 12.8. The van der Waals surface area contributed by atoms with E-state index in [0.717, 1.165) is 103 Å². The van der Waals surface area contributed by atoms with Crippen molar-refractivity contribution in [3.63, 3.8) is 0 Å². The van der Waals surface area contributed by atoms with Gasteiger partial charge < -0.3 is 14.2 Å². The smallest absolute Gasteiger partial charge is 0.306 e. The lowest BCUT2D eigenvalue weighted by atomic mass is 10.1. The summed E-state index contributed by atoms with van der Waals surface area (Å²) >= 11 is 0. The van der Waals surface area contributed by atoms with Gasteiger partial charge >= 0.3 is 11.9 Å². The highest BCUT2D eigenvalue weighted by atomic mass is 16.6. The van der Waals surface area contributed by atoms with Crippen LogP contribution >= 0.6 is 0 Å². The van der Waals surface area contributed by atoms with Gasteiger partial charge in [-0.2, -0.15) is 0 Å². The van der Waals surface area contributed by atoms with Gasteiger partial charge in [0.2, 0.25) is 0 Å². The number of hydrogen-bond acceptors (Lipinski definition) is 5. The van der Waals surface area contributed by atoms with Crippen molar-refractivity contribution in [1.82, 2.24) is 0 Å². The van der Waals surface area contributed by atoms with Crippen LogP contribution in [0.25, 0.3) is 0 Å². The molecule has 354 valence electrons. The van der Waals surface area contributed by atoms with E-state index < -0.39 is 6.10 Å². The molecule has 0 aliphatic heterocycles. The van der Waals surface area contributed by atoms with Crippen LogP contribution < -0.4 is 0 Å². The van der Waals surface area contributed by atoms with E-state index in [4.69, 9.17) is 14.2 Å². The van der Waals surface area contributed by atoms with E-state index in [-0.39, 0.29) is 25.2 Å². The van der Waals surface area contributed by atoms with Crippen LogP contribution in [0.4, 0.5) is 0 Å². The zero-order chi connectivity index (χ0) is 44.9. The number of unbranched alkanes of at least 4 members (excludes halogenated alkanes) is 19. The van der Waals surface area contributed by atoms with Crippen LogP contribution in [-0.4, -0.2) is 37.9 Å². The minimum Gasteiger partial charge on any atom is -0.462 e. The van der Waals surface area contributed by atoms with Crippen molar-refractivity contribution in [2.24, 2.45) is 0 Å². The minimum absolute atomic E-state index is 0.0556. The number of hydrogen-bond donors (Lipinski definition) is 0. The highest BCUT2D eigenvalue weighted by molar-refractivity contribution is 5.70. The number of rotatable bonds is 46. The summed E-state index contributed by atoms with van der Waals surface area (Å²) in [6.45, 7) is 7.53. The molecular formula is C57H96O5. The summed E-state index contributed by atoms with van der Waals surface area (Å²) in [7, 11) is 0. The largest absolute Gasteiger partial charge is 0.462 e. The predicted molar refractivity (Wildman–Crippen MR) is 270 cm³/mol. The van der Waals surface area contributed by atoms with Crippen LogP contribution in [-0.2, 0) is 23.8 Å². The van der Waals surface area contributed by atoms with Gasteiger partial charge in [-0.1, -0.05) is 195 Å². The van der Waals surface area contributed by atoms with Crippen LogP contribution in [0.3, 0.4) is 0 Å². The lowest BCUT2D eigenvalue weighted by Crippen LogP contribution is -2.30. The minimum atomic E-state index is -0.571. The molecule has 0 aromatic rings. The first-order valence-corrected chi connectivity index (χ1v) is 25.8. The van der Waals surface area contributed by atoms with Crippen LogP contribution in [0.1, 0.15) is 226 Å². The van der Waals surface area contributed by atoms with Gasteiger partial charge in [0, 0.05) is 19.4 Å². The highest BCUT2D eigenvalue weighted by Crippen LogP contribution is 2.13. The van der Waals surface area contributed by atoms with E-state index in [1.807, 2.05) is 0 Å². The van der Waals surface area contributed by atoms with E-state index in [1.165, 1.54) is 89.9 Å². The Bertz CT molecular complexity index is 1200. The van der Waals surface area contributed by atoms with Gasteiger partial charge in [-0.3, -0.25) is 9.59 Å². The molecule has 5 heteroatoms. The molecule has 0 aromatic carbocycles. The van der Waals surface area contributed by atoms with Crippen LogP contribution in [0.5, 0.6) is 0 Å². The second kappa shape index (κ2) is 52.2. The Kier molecular flexibility index (Phi) is 49.5. The number of carbonyl (C=O) groups excluding carboxylic acids is 2. The van der Waals surface area contributed by atoms with E-state index >= 15 is 0 Å². The molecule has 62 heavy (non-hydrogen) atoms. The average Bonchev–Trinajstić information content (AvgIpc) is 3.27. The molecule has 0 spiro atoms.